The van der Waals surface area contributed by atoms with Gasteiger partial charge in [0.2, 0.25) is 0 Å². The van der Waals surface area contributed by atoms with Crippen LogP contribution in [0.2, 0.25) is 0 Å². The minimum absolute atomic E-state index is 0.734. The second-order valence-corrected chi connectivity index (χ2v) is 7.36. The first kappa shape index (κ1) is 18.3. The third kappa shape index (κ3) is 5.02. The molecule has 0 bridgehead atoms. The maximum absolute atomic E-state index is 4.66. The van der Waals surface area contributed by atoms with E-state index < -0.39 is 0 Å². The van der Waals surface area contributed by atoms with Crippen molar-refractivity contribution in [3.05, 3.63) is 58.2 Å². The fraction of sp³-hybridized carbons (Fsp3) is 0.350. The van der Waals surface area contributed by atoms with Crippen LogP contribution in [-0.4, -0.2) is 35.6 Å². The standard InChI is InChI=1S/C20H25N5S/c1-3-21-20(24-13-10-18-25-14-15(2)26-18)23-12-9-17-7-4-6-16-8-5-11-22-19(16)17/h4-8,11,14H,3,9-10,12-13H2,1-2H3,(H2,21,23,24). The number of para-hydroxylation sites is 1. The number of nitrogens with one attached hydrogen (secondary N) is 2. The SMILES string of the molecule is CCNC(=NCCc1ncc(C)s1)NCCc1cccc2cccnc12. The summed E-state index contributed by atoms with van der Waals surface area (Å²) in [5.74, 6) is 0.856. The molecule has 2 aromatic heterocycles. The molecular formula is C20H25N5S. The first-order valence-electron chi connectivity index (χ1n) is 9.02. The van der Waals surface area contributed by atoms with Gasteiger partial charge in [-0.1, -0.05) is 24.3 Å². The van der Waals surface area contributed by atoms with Crippen LogP contribution < -0.4 is 10.6 Å². The van der Waals surface area contributed by atoms with Crippen LogP contribution in [0.25, 0.3) is 10.9 Å². The van der Waals surface area contributed by atoms with Crippen molar-refractivity contribution in [3.63, 3.8) is 0 Å². The first-order valence-corrected chi connectivity index (χ1v) is 9.84. The summed E-state index contributed by atoms with van der Waals surface area (Å²) in [6.07, 6.45) is 5.56. The lowest BCUT2D eigenvalue weighted by molar-refractivity contribution is 0.797. The van der Waals surface area contributed by atoms with Crippen molar-refractivity contribution in [1.29, 1.82) is 0 Å². The Morgan fingerprint density at radius 3 is 2.81 bits per heavy atom. The number of guanidine groups is 1. The van der Waals surface area contributed by atoms with Crippen LogP contribution in [0.4, 0.5) is 0 Å². The number of aryl methyl sites for hydroxylation is 1. The Bertz CT molecular complexity index is 866. The number of hydrogen-bond acceptors (Lipinski definition) is 4. The molecule has 1 aromatic carbocycles. The highest BCUT2D eigenvalue weighted by molar-refractivity contribution is 7.11. The number of benzene rings is 1. The van der Waals surface area contributed by atoms with E-state index in [2.05, 4.69) is 63.7 Å². The number of rotatable bonds is 7. The second kappa shape index (κ2) is 9.29. The van der Waals surface area contributed by atoms with Crippen molar-refractivity contribution in [2.75, 3.05) is 19.6 Å². The van der Waals surface area contributed by atoms with E-state index in [1.165, 1.54) is 15.8 Å². The zero-order valence-electron chi connectivity index (χ0n) is 15.3. The highest BCUT2D eigenvalue weighted by Gasteiger charge is 2.03. The number of hydrogen-bond donors (Lipinski definition) is 2. The summed E-state index contributed by atoms with van der Waals surface area (Å²) in [5, 5.41) is 9.05. The molecule has 3 aromatic rings. The Labute approximate surface area is 158 Å². The molecule has 0 spiro atoms. The van der Waals surface area contributed by atoms with Gasteiger partial charge in [-0.15, -0.1) is 11.3 Å². The average molecular weight is 368 g/mol. The monoisotopic (exact) mass is 367 g/mol. The smallest absolute Gasteiger partial charge is 0.191 e. The van der Waals surface area contributed by atoms with E-state index in [1.807, 2.05) is 18.5 Å². The molecule has 2 heterocycles. The zero-order valence-corrected chi connectivity index (χ0v) is 16.1. The third-order valence-electron chi connectivity index (χ3n) is 4.01. The predicted molar refractivity (Wildman–Crippen MR) is 110 cm³/mol. The van der Waals surface area contributed by atoms with Crippen LogP contribution in [-0.2, 0) is 12.8 Å². The molecule has 0 aliphatic rings. The van der Waals surface area contributed by atoms with Gasteiger partial charge in [0.25, 0.3) is 0 Å². The molecule has 26 heavy (non-hydrogen) atoms. The van der Waals surface area contributed by atoms with Crippen molar-refractivity contribution in [2.45, 2.75) is 26.7 Å². The number of fused-ring (bicyclic) bond motifs is 1. The van der Waals surface area contributed by atoms with Crippen molar-refractivity contribution in [3.8, 4) is 0 Å². The Hall–Kier alpha value is -2.47. The van der Waals surface area contributed by atoms with E-state index >= 15 is 0 Å². The highest BCUT2D eigenvalue weighted by Crippen LogP contribution is 2.16. The van der Waals surface area contributed by atoms with Gasteiger partial charge in [-0.2, -0.15) is 0 Å². The minimum Gasteiger partial charge on any atom is -0.357 e. The molecule has 0 saturated carbocycles. The zero-order chi connectivity index (χ0) is 18.2. The average Bonchev–Trinajstić information content (AvgIpc) is 3.07. The molecule has 0 aliphatic heterocycles. The Morgan fingerprint density at radius 1 is 1.12 bits per heavy atom. The fourth-order valence-corrected chi connectivity index (χ4v) is 3.58. The molecular weight excluding hydrogens is 342 g/mol. The van der Waals surface area contributed by atoms with Gasteiger partial charge < -0.3 is 10.6 Å². The molecule has 3 rings (SSSR count). The van der Waals surface area contributed by atoms with Crippen LogP contribution in [0.1, 0.15) is 22.4 Å². The second-order valence-electron chi connectivity index (χ2n) is 6.04. The summed E-state index contributed by atoms with van der Waals surface area (Å²) in [7, 11) is 0. The predicted octanol–water partition coefficient (Wildman–Crippen LogP) is 3.34. The summed E-state index contributed by atoms with van der Waals surface area (Å²) in [6, 6.07) is 10.4. The van der Waals surface area contributed by atoms with E-state index in [9.17, 15) is 0 Å². The van der Waals surface area contributed by atoms with Gasteiger partial charge in [0.05, 0.1) is 10.5 Å². The molecule has 0 atom stereocenters. The molecule has 0 unspecified atom stereocenters. The lowest BCUT2D eigenvalue weighted by Gasteiger charge is -2.12. The van der Waals surface area contributed by atoms with E-state index in [0.717, 1.165) is 49.0 Å². The third-order valence-corrected chi connectivity index (χ3v) is 4.98. The largest absolute Gasteiger partial charge is 0.357 e. The van der Waals surface area contributed by atoms with Crippen molar-refractivity contribution < 1.29 is 0 Å². The Morgan fingerprint density at radius 2 is 2.00 bits per heavy atom. The molecule has 0 fully saturated rings. The normalized spacial score (nSPS) is 11.7. The maximum Gasteiger partial charge on any atom is 0.191 e. The number of pyridine rings is 1. The summed E-state index contributed by atoms with van der Waals surface area (Å²) < 4.78 is 0. The van der Waals surface area contributed by atoms with Crippen molar-refractivity contribution >= 4 is 28.2 Å². The van der Waals surface area contributed by atoms with E-state index in [4.69, 9.17) is 0 Å². The van der Waals surface area contributed by atoms with Crippen molar-refractivity contribution in [2.24, 2.45) is 4.99 Å². The lowest BCUT2D eigenvalue weighted by Crippen LogP contribution is -2.38. The minimum atomic E-state index is 0.734. The number of aliphatic imine (C=N–C) groups is 1. The maximum atomic E-state index is 4.66. The van der Waals surface area contributed by atoms with Crippen LogP contribution >= 0.6 is 11.3 Å². The molecule has 0 saturated heterocycles. The van der Waals surface area contributed by atoms with Crippen LogP contribution in [0, 0.1) is 6.92 Å². The molecule has 5 nitrogen and oxygen atoms in total. The van der Waals surface area contributed by atoms with Crippen molar-refractivity contribution in [1.82, 2.24) is 20.6 Å². The molecule has 2 N–H and O–H groups in total. The first-order chi connectivity index (χ1) is 12.8. The van der Waals surface area contributed by atoms with Gasteiger partial charge >= 0.3 is 0 Å². The molecule has 0 amide bonds. The number of aromatic nitrogens is 2. The van der Waals surface area contributed by atoms with E-state index in [0.29, 0.717) is 0 Å². The fourth-order valence-electron chi connectivity index (χ4n) is 2.81. The molecule has 0 aliphatic carbocycles. The van der Waals surface area contributed by atoms with Gasteiger partial charge in [0.15, 0.2) is 5.96 Å². The van der Waals surface area contributed by atoms with Crippen LogP contribution in [0.5, 0.6) is 0 Å². The van der Waals surface area contributed by atoms with E-state index in [-0.39, 0.29) is 0 Å². The molecule has 0 radical (unpaired) electrons. The van der Waals surface area contributed by atoms with E-state index in [1.54, 1.807) is 11.3 Å². The summed E-state index contributed by atoms with van der Waals surface area (Å²) in [5.41, 5.74) is 2.34. The summed E-state index contributed by atoms with van der Waals surface area (Å²) in [4.78, 5) is 14.8. The number of nitrogens with zero attached hydrogens (tertiary/aromatic N) is 3. The quantitative estimate of drug-likeness (QED) is 0.497. The molecule has 6 heteroatoms. The summed E-state index contributed by atoms with van der Waals surface area (Å²) in [6.45, 7) is 6.56. The topological polar surface area (TPSA) is 62.2 Å². The van der Waals surface area contributed by atoms with Gasteiger partial charge in [-0.25, -0.2) is 4.98 Å². The van der Waals surface area contributed by atoms with Crippen LogP contribution in [0.15, 0.2) is 47.7 Å². The number of thiazole rings is 1. The van der Waals surface area contributed by atoms with Gasteiger partial charge in [-0.3, -0.25) is 9.98 Å². The van der Waals surface area contributed by atoms with Gasteiger partial charge in [0.1, 0.15) is 0 Å². The summed E-state index contributed by atoms with van der Waals surface area (Å²) >= 11 is 1.74. The van der Waals surface area contributed by atoms with Crippen LogP contribution in [0.3, 0.4) is 0 Å². The lowest BCUT2D eigenvalue weighted by atomic mass is 10.1. The van der Waals surface area contributed by atoms with Gasteiger partial charge in [0, 0.05) is 48.7 Å². The Balaban J connectivity index is 1.55. The highest BCUT2D eigenvalue weighted by atomic mass is 32.1. The molecule has 136 valence electrons. The Kier molecular flexibility index (Phi) is 6.55. The van der Waals surface area contributed by atoms with Gasteiger partial charge in [-0.05, 0) is 31.9 Å².